The maximum absolute atomic E-state index is 12.2. The number of rotatable bonds is 6. The third-order valence-electron chi connectivity index (χ3n) is 3.45. The molecule has 2 rings (SSSR count). The van der Waals surface area contributed by atoms with Crippen molar-refractivity contribution in [3.63, 3.8) is 0 Å². The molecule has 7 heteroatoms. The number of primary sulfonamides is 1. The highest BCUT2D eigenvalue weighted by molar-refractivity contribution is 7.89. The molecule has 1 aliphatic rings. The van der Waals surface area contributed by atoms with Gasteiger partial charge in [0.05, 0.1) is 11.2 Å². The van der Waals surface area contributed by atoms with Gasteiger partial charge >= 0.3 is 0 Å². The summed E-state index contributed by atoms with van der Waals surface area (Å²) in [6.45, 7) is 0.303. The number of benzene rings is 1. The van der Waals surface area contributed by atoms with Crippen LogP contribution in [0.15, 0.2) is 24.3 Å². The smallest absolute Gasteiger partial charge is 0.230 e. The zero-order chi connectivity index (χ0) is 14.8. The molecule has 0 heterocycles. The molecule has 1 aliphatic carbocycles. The van der Waals surface area contributed by atoms with Crippen molar-refractivity contribution in [2.45, 2.75) is 24.7 Å². The largest absolute Gasteiger partial charge is 0.355 e. The molecule has 0 unspecified atom stereocenters. The third kappa shape index (κ3) is 3.71. The van der Waals surface area contributed by atoms with E-state index >= 15 is 0 Å². The fraction of sp³-hybridized carbons (Fsp3) is 0.462. The summed E-state index contributed by atoms with van der Waals surface area (Å²) in [5.74, 6) is -0.202. The van der Waals surface area contributed by atoms with Gasteiger partial charge in [-0.05, 0) is 37.0 Å². The van der Waals surface area contributed by atoms with E-state index in [9.17, 15) is 13.2 Å². The molecular formula is C13H17ClN2O3S. The van der Waals surface area contributed by atoms with Crippen LogP contribution in [0.4, 0.5) is 0 Å². The van der Waals surface area contributed by atoms with Crippen LogP contribution < -0.4 is 10.5 Å². The van der Waals surface area contributed by atoms with Gasteiger partial charge in [0.15, 0.2) is 0 Å². The second-order valence-electron chi connectivity index (χ2n) is 5.07. The summed E-state index contributed by atoms with van der Waals surface area (Å²) in [4.78, 5) is 12.2. The van der Waals surface area contributed by atoms with Gasteiger partial charge in [0.1, 0.15) is 0 Å². The highest BCUT2D eigenvalue weighted by Crippen LogP contribution is 2.48. The van der Waals surface area contributed by atoms with Crippen LogP contribution in [-0.2, 0) is 20.2 Å². The fourth-order valence-corrected chi connectivity index (χ4v) is 2.94. The molecule has 0 bridgehead atoms. The molecule has 0 saturated heterocycles. The molecular weight excluding hydrogens is 300 g/mol. The van der Waals surface area contributed by atoms with Crippen molar-refractivity contribution in [2.24, 2.45) is 5.14 Å². The predicted molar refractivity (Wildman–Crippen MR) is 78.0 cm³/mol. The fourth-order valence-electron chi connectivity index (χ4n) is 2.20. The van der Waals surface area contributed by atoms with Gasteiger partial charge in [0.2, 0.25) is 15.9 Å². The predicted octanol–water partition coefficient (Wildman–Crippen LogP) is 1.17. The number of hydrogen-bond acceptors (Lipinski definition) is 3. The van der Waals surface area contributed by atoms with Crippen molar-refractivity contribution in [2.75, 3.05) is 12.3 Å². The minimum absolute atomic E-state index is 0.0748. The van der Waals surface area contributed by atoms with Crippen LogP contribution in [-0.4, -0.2) is 26.6 Å². The van der Waals surface area contributed by atoms with Crippen LogP contribution in [0, 0.1) is 0 Å². The van der Waals surface area contributed by atoms with Crippen molar-refractivity contribution in [3.05, 3.63) is 34.9 Å². The van der Waals surface area contributed by atoms with Crippen molar-refractivity contribution in [1.29, 1.82) is 0 Å². The lowest BCUT2D eigenvalue weighted by atomic mass is 9.95. The normalized spacial score (nSPS) is 16.7. The molecule has 110 valence electrons. The second-order valence-corrected chi connectivity index (χ2v) is 7.24. The average Bonchev–Trinajstić information content (AvgIpc) is 3.14. The Morgan fingerprint density at radius 2 is 2.10 bits per heavy atom. The van der Waals surface area contributed by atoms with Crippen LogP contribution in [0.5, 0.6) is 0 Å². The van der Waals surface area contributed by atoms with Crippen molar-refractivity contribution >= 4 is 27.5 Å². The summed E-state index contributed by atoms with van der Waals surface area (Å²) in [5.41, 5.74) is 0.417. The summed E-state index contributed by atoms with van der Waals surface area (Å²) in [6.07, 6.45) is 1.89. The number of sulfonamides is 1. The zero-order valence-electron chi connectivity index (χ0n) is 10.9. The molecule has 3 N–H and O–H groups in total. The van der Waals surface area contributed by atoms with E-state index in [0.29, 0.717) is 18.0 Å². The first-order valence-electron chi connectivity index (χ1n) is 6.38. The summed E-state index contributed by atoms with van der Waals surface area (Å²) < 4.78 is 21.6. The summed E-state index contributed by atoms with van der Waals surface area (Å²) >= 11 is 5.95. The molecule has 0 aromatic heterocycles. The molecule has 0 atom stereocenters. The maximum atomic E-state index is 12.2. The molecule has 0 spiro atoms. The first-order valence-corrected chi connectivity index (χ1v) is 8.48. The Balaban J connectivity index is 1.92. The standard InChI is InChI=1S/C13H17ClN2O3S/c14-11-4-1-3-10(9-11)13(5-6-13)12(17)16-7-2-8-20(15,18)19/h1,3-4,9H,2,5-8H2,(H,16,17)(H2,15,18,19). The van der Waals surface area contributed by atoms with Gasteiger partial charge in [0.25, 0.3) is 0 Å². The van der Waals surface area contributed by atoms with E-state index in [0.717, 1.165) is 18.4 Å². The second kappa shape index (κ2) is 5.71. The highest BCUT2D eigenvalue weighted by atomic mass is 35.5. The molecule has 20 heavy (non-hydrogen) atoms. The lowest BCUT2D eigenvalue weighted by Crippen LogP contribution is -2.36. The SMILES string of the molecule is NS(=O)(=O)CCCNC(=O)C1(c2cccc(Cl)c2)CC1. The van der Waals surface area contributed by atoms with Crippen LogP contribution >= 0.6 is 11.6 Å². The Labute approximate surface area is 123 Å². The maximum Gasteiger partial charge on any atom is 0.230 e. The van der Waals surface area contributed by atoms with Gasteiger partial charge in [-0.25, -0.2) is 13.6 Å². The number of carbonyl (C=O) groups excluding carboxylic acids is 1. The van der Waals surface area contributed by atoms with Crippen LogP contribution in [0.3, 0.4) is 0 Å². The van der Waals surface area contributed by atoms with E-state index in [1.807, 2.05) is 12.1 Å². The third-order valence-corrected chi connectivity index (χ3v) is 4.55. The molecule has 1 fully saturated rings. The van der Waals surface area contributed by atoms with E-state index in [1.54, 1.807) is 12.1 Å². The number of nitrogens with one attached hydrogen (secondary N) is 1. The monoisotopic (exact) mass is 316 g/mol. The Bertz CT molecular complexity index is 612. The van der Waals surface area contributed by atoms with E-state index in [1.165, 1.54) is 0 Å². The molecule has 1 amide bonds. The first-order chi connectivity index (χ1) is 9.33. The number of hydrogen-bond donors (Lipinski definition) is 2. The highest BCUT2D eigenvalue weighted by Gasteiger charge is 2.51. The van der Waals surface area contributed by atoms with Gasteiger partial charge in [0, 0.05) is 11.6 Å². The van der Waals surface area contributed by atoms with Gasteiger partial charge < -0.3 is 5.32 Å². The van der Waals surface area contributed by atoms with Crippen molar-refractivity contribution in [3.8, 4) is 0 Å². The summed E-state index contributed by atoms with van der Waals surface area (Å²) in [6, 6.07) is 7.29. The Hall–Kier alpha value is -1.11. The van der Waals surface area contributed by atoms with Crippen molar-refractivity contribution in [1.82, 2.24) is 5.32 Å². The molecule has 0 aliphatic heterocycles. The van der Waals surface area contributed by atoms with Gasteiger partial charge in [-0.1, -0.05) is 23.7 Å². The number of amides is 1. The molecule has 1 aromatic carbocycles. The van der Waals surface area contributed by atoms with E-state index in [-0.39, 0.29) is 11.7 Å². The minimum atomic E-state index is -3.47. The Morgan fingerprint density at radius 1 is 1.40 bits per heavy atom. The van der Waals surface area contributed by atoms with Crippen molar-refractivity contribution < 1.29 is 13.2 Å². The van der Waals surface area contributed by atoms with E-state index in [4.69, 9.17) is 16.7 Å². The van der Waals surface area contributed by atoms with E-state index < -0.39 is 15.4 Å². The Kier molecular flexibility index (Phi) is 4.36. The molecule has 1 aromatic rings. The van der Waals surface area contributed by atoms with Gasteiger partial charge in [-0.3, -0.25) is 4.79 Å². The molecule has 5 nitrogen and oxygen atoms in total. The lowest BCUT2D eigenvalue weighted by Gasteiger charge is -2.16. The average molecular weight is 317 g/mol. The van der Waals surface area contributed by atoms with Crippen LogP contribution in [0.2, 0.25) is 5.02 Å². The minimum Gasteiger partial charge on any atom is -0.355 e. The van der Waals surface area contributed by atoms with Crippen LogP contribution in [0.25, 0.3) is 0 Å². The zero-order valence-corrected chi connectivity index (χ0v) is 12.5. The van der Waals surface area contributed by atoms with Gasteiger partial charge in [-0.15, -0.1) is 0 Å². The van der Waals surface area contributed by atoms with Crippen LogP contribution in [0.1, 0.15) is 24.8 Å². The number of halogens is 1. The quantitative estimate of drug-likeness (QED) is 0.772. The number of nitrogens with two attached hydrogens (primary N) is 1. The van der Waals surface area contributed by atoms with E-state index in [2.05, 4.69) is 5.32 Å². The van der Waals surface area contributed by atoms with Gasteiger partial charge in [-0.2, -0.15) is 0 Å². The lowest BCUT2D eigenvalue weighted by molar-refractivity contribution is -0.123. The number of carbonyl (C=O) groups is 1. The molecule has 0 radical (unpaired) electrons. The summed E-state index contributed by atoms with van der Waals surface area (Å²) in [7, 11) is -3.47. The Morgan fingerprint density at radius 3 is 2.65 bits per heavy atom. The summed E-state index contributed by atoms with van der Waals surface area (Å²) in [5, 5.41) is 8.28. The topological polar surface area (TPSA) is 89.3 Å². The molecule has 1 saturated carbocycles. The first kappa shape index (κ1) is 15.3.